The van der Waals surface area contributed by atoms with E-state index in [1.807, 2.05) is 0 Å². The predicted molar refractivity (Wildman–Crippen MR) is 56.0 cm³/mol. The van der Waals surface area contributed by atoms with Crippen LogP contribution in [0, 0.1) is 0 Å². The third-order valence-corrected chi connectivity index (χ3v) is 2.49. The summed E-state index contributed by atoms with van der Waals surface area (Å²) in [6.07, 6.45) is 0.482. The van der Waals surface area contributed by atoms with E-state index in [4.69, 9.17) is 11.6 Å². The average Bonchev–Trinajstić information content (AvgIpc) is 2.48. The van der Waals surface area contributed by atoms with Crippen LogP contribution in [-0.2, 0) is 6.44 Å². The Labute approximate surface area is 89.5 Å². The maximum absolute atomic E-state index is 12.3. The van der Waals surface area contributed by atoms with Gasteiger partial charge in [-0.2, -0.15) is 0 Å². The van der Waals surface area contributed by atoms with Crippen molar-refractivity contribution in [3.05, 3.63) is 35.5 Å². The lowest BCUT2D eigenvalue weighted by molar-refractivity contribution is 0.448. The molecule has 80 valence electrons. The van der Waals surface area contributed by atoms with E-state index >= 15 is 0 Å². The number of benzene rings is 1. The second-order valence-corrected chi connectivity index (χ2v) is 3.76. The molecular formula is C9H7BClF3N-. The molecule has 0 bridgehead atoms. The van der Waals surface area contributed by atoms with Crippen LogP contribution in [-0.4, -0.2) is 11.5 Å². The summed E-state index contributed by atoms with van der Waals surface area (Å²) in [5, 5.41) is 1.13. The summed E-state index contributed by atoms with van der Waals surface area (Å²) in [7, 11) is 0. The molecule has 0 aliphatic carbocycles. The Bertz CT molecular complexity index is 492. The highest BCUT2D eigenvalue weighted by Gasteiger charge is 2.24. The Morgan fingerprint density at radius 3 is 2.60 bits per heavy atom. The number of hydrogen-bond acceptors (Lipinski definition) is 0. The smallest absolute Gasteiger partial charge is 0.448 e. The maximum atomic E-state index is 12.3. The first-order valence-corrected chi connectivity index (χ1v) is 4.79. The van der Waals surface area contributed by atoms with E-state index in [2.05, 4.69) is 0 Å². The van der Waals surface area contributed by atoms with Gasteiger partial charge < -0.3 is 17.5 Å². The van der Waals surface area contributed by atoms with Crippen LogP contribution >= 0.6 is 11.6 Å². The molecule has 0 spiro atoms. The molecule has 0 saturated heterocycles. The van der Waals surface area contributed by atoms with E-state index in [9.17, 15) is 12.9 Å². The first kappa shape index (κ1) is 10.4. The summed E-state index contributed by atoms with van der Waals surface area (Å²) in [6, 6.07) is 6.53. The van der Waals surface area contributed by atoms with Crippen molar-refractivity contribution in [3.8, 4) is 0 Å². The molecule has 1 aromatic carbocycles. The van der Waals surface area contributed by atoms with Crippen LogP contribution in [0.2, 0.25) is 5.02 Å². The van der Waals surface area contributed by atoms with Crippen LogP contribution in [0.25, 0.3) is 10.9 Å². The minimum atomic E-state index is -4.83. The lowest BCUT2D eigenvalue weighted by atomic mass is 9.92. The van der Waals surface area contributed by atoms with Gasteiger partial charge in [-0.3, -0.25) is 0 Å². The summed E-state index contributed by atoms with van der Waals surface area (Å²) in [5.41, 5.74) is 0.515. The molecule has 0 saturated carbocycles. The van der Waals surface area contributed by atoms with E-state index in [0.717, 1.165) is 0 Å². The van der Waals surface area contributed by atoms with Gasteiger partial charge in [0.1, 0.15) is 0 Å². The number of nitrogens with zero attached hydrogens (tertiary/aromatic N) is 1. The molecule has 0 atom stereocenters. The Balaban J connectivity index is 2.50. The number of fused-ring (bicyclic) bond motifs is 1. The first-order valence-electron chi connectivity index (χ1n) is 4.42. The van der Waals surface area contributed by atoms with Gasteiger partial charge in [0, 0.05) is 22.1 Å². The Morgan fingerprint density at radius 1 is 1.20 bits per heavy atom. The zero-order valence-electron chi connectivity index (χ0n) is 7.63. The molecule has 2 rings (SSSR count). The second kappa shape index (κ2) is 3.49. The van der Waals surface area contributed by atoms with Gasteiger partial charge in [0.25, 0.3) is 0 Å². The van der Waals surface area contributed by atoms with Gasteiger partial charge >= 0.3 is 6.98 Å². The number of rotatable bonds is 2. The largest absolute Gasteiger partial charge is 0.497 e. The quantitative estimate of drug-likeness (QED) is 0.696. The second-order valence-electron chi connectivity index (χ2n) is 3.35. The summed E-state index contributed by atoms with van der Waals surface area (Å²) >= 11 is 5.85. The van der Waals surface area contributed by atoms with Crippen molar-refractivity contribution in [2.45, 2.75) is 6.44 Å². The molecule has 0 fully saturated rings. The molecule has 15 heavy (non-hydrogen) atoms. The molecule has 0 N–H and O–H groups in total. The standard InChI is InChI=1S/C9H7BClF3N/c11-8-2-1-3-9-7(8)4-5-15(9)6-10(12,13)14/h1-5H,6H2/q-1. The summed E-state index contributed by atoms with van der Waals surface area (Å²) in [4.78, 5) is 0. The van der Waals surface area contributed by atoms with Crippen molar-refractivity contribution < 1.29 is 12.9 Å². The van der Waals surface area contributed by atoms with Gasteiger partial charge in [0.15, 0.2) is 0 Å². The molecule has 1 heterocycles. The molecule has 0 aliphatic rings. The van der Waals surface area contributed by atoms with Crippen molar-refractivity contribution in [2.75, 3.05) is 0 Å². The Kier molecular flexibility index (Phi) is 2.42. The van der Waals surface area contributed by atoms with E-state index in [0.29, 0.717) is 15.9 Å². The van der Waals surface area contributed by atoms with Crippen molar-refractivity contribution in [1.82, 2.24) is 4.57 Å². The molecule has 0 amide bonds. The van der Waals surface area contributed by atoms with Crippen molar-refractivity contribution in [1.29, 1.82) is 0 Å². The fourth-order valence-electron chi connectivity index (χ4n) is 1.57. The molecule has 0 unspecified atom stereocenters. The molecule has 0 aliphatic heterocycles. The van der Waals surface area contributed by atoms with E-state index in [1.54, 1.807) is 24.3 Å². The van der Waals surface area contributed by atoms with Crippen LogP contribution in [0.15, 0.2) is 30.5 Å². The Hall–Kier alpha value is -1.10. The number of halogens is 4. The van der Waals surface area contributed by atoms with Gasteiger partial charge in [0.2, 0.25) is 0 Å². The normalized spacial score (nSPS) is 12.3. The predicted octanol–water partition coefficient (Wildman–Crippen LogP) is 3.68. The third kappa shape index (κ3) is 2.12. The fourth-order valence-corrected chi connectivity index (χ4v) is 1.80. The van der Waals surface area contributed by atoms with Crippen molar-refractivity contribution in [2.24, 2.45) is 0 Å². The summed E-state index contributed by atoms with van der Waals surface area (Å²) in [6.45, 7) is -4.83. The number of hydrogen-bond donors (Lipinski definition) is 0. The molecule has 6 heteroatoms. The third-order valence-electron chi connectivity index (χ3n) is 2.16. The van der Waals surface area contributed by atoms with Gasteiger partial charge in [0.05, 0.1) is 0 Å². The van der Waals surface area contributed by atoms with E-state index in [-0.39, 0.29) is 0 Å². The first-order chi connectivity index (χ1) is 6.97. The lowest BCUT2D eigenvalue weighted by Crippen LogP contribution is -2.23. The van der Waals surface area contributed by atoms with Crippen LogP contribution in [0.1, 0.15) is 0 Å². The maximum Gasteiger partial charge on any atom is 0.497 e. The van der Waals surface area contributed by atoms with Crippen LogP contribution in [0.4, 0.5) is 12.9 Å². The zero-order chi connectivity index (χ0) is 11.1. The summed E-state index contributed by atoms with van der Waals surface area (Å²) < 4.78 is 37.9. The molecule has 2 aromatic rings. The minimum absolute atomic E-state index is 0.473. The molecule has 1 aromatic heterocycles. The van der Waals surface area contributed by atoms with E-state index < -0.39 is 13.4 Å². The highest BCUT2D eigenvalue weighted by atomic mass is 35.5. The lowest BCUT2D eigenvalue weighted by Gasteiger charge is -2.15. The van der Waals surface area contributed by atoms with Gasteiger partial charge in [-0.05, 0) is 24.6 Å². The van der Waals surface area contributed by atoms with Gasteiger partial charge in [-0.15, -0.1) is 0 Å². The average molecular weight is 232 g/mol. The van der Waals surface area contributed by atoms with Crippen LogP contribution in [0.3, 0.4) is 0 Å². The molecule has 1 nitrogen and oxygen atoms in total. The number of aromatic nitrogens is 1. The monoisotopic (exact) mass is 232 g/mol. The van der Waals surface area contributed by atoms with Gasteiger partial charge in [-0.1, -0.05) is 17.7 Å². The van der Waals surface area contributed by atoms with E-state index in [1.165, 1.54) is 10.8 Å². The fraction of sp³-hybridized carbons (Fsp3) is 0.111. The van der Waals surface area contributed by atoms with Crippen molar-refractivity contribution >= 4 is 29.5 Å². The molecule has 0 radical (unpaired) electrons. The zero-order valence-corrected chi connectivity index (χ0v) is 8.39. The molecular weight excluding hydrogens is 225 g/mol. The highest BCUT2D eigenvalue weighted by Crippen LogP contribution is 2.25. The van der Waals surface area contributed by atoms with Crippen molar-refractivity contribution in [3.63, 3.8) is 0 Å². The van der Waals surface area contributed by atoms with Gasteiger partial charge in [-0.25, -0.2) is 0 Å². The summed E-state index contributed by atoms with van der Waals surface area (Å²) in [5.74, 6) is 0. The highest BCUT2D eigenvalue weighted by molar-refractivity contribution is 6.57. The SMILES string of the molecule is F[B-](F)(F)Cn1ccc2c(Cl)cccc21. The topological polar surface area (TPSA) is 4.93 Å². The Morgan fingerprint density at radius 2 is 1.93 bits per heavy atom. The van der Waals surface area contributed by atoms with Crippen LogP contribution in [0.5, 0.6) is 0 Å². The minimum Gasteiger partial charge on any atom is -0.448 e. The van der Waals surface area contributed by atoms with Crippen LogP contribution < -0.4 is 0 Å².